The number of likely N-dealkylation sites (N-methyl/N-ethyl adjacent to an activating group) is 1. The second kappa shape index (κ2) is 10.9. The summed E-state index contributed by atoms with van der Waals surface area (Å²) < 4.78 is 27.9. The highest BCUT2D eigenvalue weighted by atomic mass is 32.2. The number of nitriles is 1. The molecule has 33 heavy (non-hydrogen) atoms. The van der Waals surface area contributed by atoms with Crippen molar-refractivity contribution in [1.82, 2.24) is 14.5 Å². The zero-order valence-corrected chi connectivity index (χ0v) is 20.3. The van der Waals surface area contributed by atoms with Crippen LogP contribution in [-0.2, 0) is 14.8 Å². The van der Waals surface area contributed by atoms with Crippen molar-refractivity contribution in [3.8, 4) is 17.2 Å². The molecule has 1 aliphatic heterocycles. The topological polar surface area (TPSA) is 93.5 Å². The lowest BCUT2D eigenvalue weighted by molar-refractivity contribution is -0.122. The molecule has 1 unspecified atom stereocenters. The van der Waals surface area contributed by atoms with E-state index in [0.717, 1.165) is 16.7 Å². The maximum absolute atomic E-state index is 13.2. The summed E-state index contributed by atoms with van der Waals surface area (Å²) in [6.07, 6.45) is 0.651. The number of nitrogens with zero attached hydrogens (tertiary/aromatic N) is 3. The second-order valence-corrected chi connectivity index (χ2v) is 10.9. The average molecular weight is 469 g/mol. The number of carbonyl (C=O) groups excluding carboxylic acids is 1. The van der Waals surface area contributed by atoms with Gasteiger partial charge in [0, 0.05) is 26.2 Å². The van der Waals surface area contributed by atoms with Gasteiger partial charge in [-0.2, -0.15) is 9.57 Å². The zero-order chi connectivity index (χ0) is 24.0. The summed E-state index contributed by atoms with van der Waals surface area (Å²) in [5.74, 6) is -0.257. The highest BCUT2D eigenvalue weighted by molar-refractivity contribution is 7.89. The first kappa shape index (κ1) is 24.9. The Hall–Kier alpha value is -2.73. The van der Waals surface area contributed by atoms with E-state index in [0.29, 0.717) is 38.5 Å². The van der Waals surface area contributed by atoms with E-state index < -0.39 is 10.0 Å². The van der Waals surface area contributed by atoms with Crippen LogP contribution in [-0.4, -0.2) is 63.3 Å². The number of rotatable bonds is 8. The van der Waals surface area contributed by atoms with Crippen LogP contribution in [0.3, 0.4) is 0 Å². The standard InChI is InChI=1S/C25H32N4O3S/c1-19(2)16-24(25(30)27-11-10-26)22-8-4-6-20(17-22)21-7-5-9-23(18-21)33(31,32)29-14-12-28(3)13-15-29/h4-9,17-19,24H,11-16H2,1-3H3,(H,27,30). The minimum absolute atomic E-state index is 0.0285. The lowest BCUT2D eigenvalue weighted by atomic mass is 9.88. The van der Waals surface area contributed by atoms with Crippen molar-refractivity contribution in [2.75, 3.05) is 39.8 Å². The number of nitrogens with one attached hydrogen (secondary N) is 1. The van der Waals surface area contributed by atoms with E-state index in [1.165, 1.54) is 0 Å². The van der Waals surface area contributed by atoms with Gasteiger partial charge in [-0.15, -0.1) is 0 Å². The van der Waals surface area contributed by atoms with Gasteiger partial charge in [-0.1, -0.05) is 50.2 Å². The maximum Gasteiger partial charge on any atom is 0.243 e. The molecule has 7 nitrogen and oxygen atoms in total. The fourth-order valence-corrected chi connectivity index (χ4v) is 5.53. The molecule has 1 N–H and O–H groups in total. The van der Waals surface area contributed by atoms with Crippen LogP contribution >= 0.6 is 0 Å². The van der Waals surface area contributed by atoms with Gasteiger partial charge in [-0.25, -0.2) is 8.42 Å². The van der Waals surface area contributed by atoms with E-state index in [9.17, 15) is 13.2 Å². The third kappa shape index (κ3) is 6.20. The quantitative estimate of drug-likeness (QED) is 0.601. The molecule has 1 aliphatic rings. The molecule has 2 aromatic rings. The monoisotopic (exact) mass is 468 g/mol. The van der Waals surface area contributed by atoms with E-state index in [2.05, 4.69) is 24.1 Å². The van der Waals surface area contributed by atoms with Crippen molar-refractivity contribution >= 4 is 15.9 Å². The highest BCUT2D eigenvalue weighted by Crippen LogP contribution is 2.30. The van der Waals surface area contributed by atoms with E-state index in [4.69, 9.17) is 5.26 Å². The number of carbonyl (C=O) groups is 1. The first-order valence-electron chi connectivity index (χ1n) is 11.3. The molecule has 1 fully saturated rings. The number of piperazine rings is 1. The number of benzene rings is 2. The molecular weight excluding hydrogens is 436 g/mol. The van der Waals surface area contributed by atoms with Crippen LogP contribution in [0.25, 0.3) is 11.1 Å². The Morgan fingerprint density at radius 1 is 1.06 bits per heavy atom. The van der Waals surface area contributed by atoms with Crippen molar-refractivity contribution in [2.45, 2.75) is 31.1 Å². The SMILES string of the molecule is CC(C)CC(C(=O)NCC#N)c1cccc(-c2cccc(S(=O)(=O)N3CCN(C)CC3)c2)c1. The molecule has 0 spiro atoms. The molecule has 1 heterocycles. The molecule has 0 saturated carbocycles. The minimum Gasteiger partial charge on any atom is -0.342 e. The van der Waals surface area contributed by atoms with Crippen molar-refractivity contribution in [1.29, 1.82) is 5.26 Å². The normalized spacial score (nSPS) is 16.3. The Bertz CT molecular complexity index is 1120. The van der Waals surface area contributed by atoms with Gasteiger partial charge in [0.1, 0.15) is 6.54 Å². The number of hydrogen-bond acceptors (Lipinski definition) is 5. The molecule has 3 rings (SSSR count). The maximum atomic E-state index is 13.2. The lowest BCUT2D eigenvalue weighted by Crippen LogP contribution is -2.47. The Labute approximate surface area is 197 Å². The van der Waals surface area contributed by atoms with Gasteiger partial charge in [0.05, 0.1) is 16.9 Å². The Morgan fingerprint density at radius 3 is 2.33 bits per heavy atom. The zero-order valence-electron chi connectivity index (χ0n) is 19.5. The summed E-state index contributed by atoms with van der Waals surface area (Å²) in [5.41, 5.74) is 2.49. The third-order valence-corrected chi connectivity index (χ3v) is 7.82. The predicted molar refractivity (Wildman–Crippen MR) is 129 cm³/mol. The largest absolute Gasteiger partial charge is 0.342 e. The van der Waals surface area contributed by atoms with Gasteiger partial charge in [0.2, 0.25) is 15.9 Å². The van der Waals surface area contributed by atoms with Gasteiger partial charge < -0.3 is 10.2 Å². The van der Waals surface area contributed by atoms with Crippen LogP contribution in [0.15, 0.2) is 53.4 Å². The number of sulfonamides is 1. The van der Waals surface area contributed by atoms with Crippen molar-refractivity contribution < 1.29 is 13.2 Å². The molecule has 8 heteroatoms. The van der Waals surface area contributed by atoms with Crippen LogP contribution in [0.5, 0.6) is 0 Å². The van der Waals surface area contributed by atoms with Gasteiger partial charge in [-0.05, 0) is 48.2 Å². The first-order valence-corrected chi connectivity index (χ1v) is 12.7. The van der Waals surface area contributed by atoms with Crippen molar-refractivity contribution in [2.24, 2.45) is 5.92 Å². The summed E-state index contributed by atoms with van der Waals surface area (Å²) >= 11 is 0. The first-order chi connectivity index (χ1) is 15.7. The lowest BCUT2D eigenvalue weighted by Gasteiger charge is -2.31. The molecule has 0 aliphatic carbocycles. The molecule has 1 saturated heterocycles. The fourth-order valence-electron chi connectivity index (χ4n) is 4.06. The van der Waals surface area contributed by atoms with Crippen LogP contribution in [0.2, 0.25) is 0 Å². The van der Waals surface area contributed by atoms with Gasteiger partial charge in [-0.3, -0.25) is 4.79 Å². The molecule has 0 aromatic heterocycles. The second-order valence-electron chi connectivity index (χ2n) is 8.92. The average Bonchev–Trinajstić information content (AvgIpc) is 2.81. The third-order valence-electron chi connectivity index (χ3n) is 5.92. The molecule has 1 atom stereocenters. The molecule has 176 valence electrons. The Kier molecular flexibility index (Phi) is 8.25. The Balaban J connectivity index is 1.91. The van der Waals surface area contributed by atoms with E-state index in [1.807, 2.05) is 43.4 Å². The summed E-state index contributed by atoms with van der Waals surface area (Å²) in [4.78, 5) is 15.1. The molecule has 2 aromatic carbocycles. The van der Waals surface area contributed by atoms with Crippen LogP contribution in [0.4, 0.5) is 0 Å². The number of hydrogen-bond donors (Lipinski definition) is 1. The van der Waals surface area contributed by atoms with Crippen LogP contribution < -0.4 is 5.32 Å². The molecular formula is C25H32N4O3S. The summed E-state index contributed by atoms with van der Waals surface area (Å²) in [6.45, 7) is 6.47. The summed E-state index contributed by atoms with van der Waals surface area (Å²) in [5, 5.41) is 11.5. The molecule has 1 amide bonds. The van der Waals surface area contributed by atoms with Crippen molar-refractivity contribution in [3.63, 3.8) is 0 Å². The van der Waals surface area contributed by atoms with Crippen LogP contribution in [0, 0.1) is 17.2 Å². The Morgan fingerprint density at radius 2 is 1.70 bits per heavy atom. The molecule has 0 radical (unpaired) electrons. The van der Waals surface area contributed by atoms with Gasteiger partial charge >= 0.3 is 0 Å². The van der Waals surface area contributed by atoms with Gasteiger partial charge in [0.15, 0.2) is 0 Å². The highest BCUT2D eigenvalue weighted by Gasteiger charge is 2.28. The summed E-state index contributed by atoms with van der Waals surface area (Å²) in [7, 11) is -1.58. The van der Waals surface area contributed by atoms with E-state index in [-0.39, 0.29) is 23.3 Å². The fraction of sp³-hybridized carbons (Fsp3) is 0.440. The molecule has 0 bridgehead atoms. The van der Waals surface area contributed by atoms with Crippen molar-refractivity contribution in [3.05, 3.63) is 54.1 Å². The van der Waals surface area contributed by atoms with E-state index >= 15 is 0 Å². The smallest absolute Gasteiger partial charge is 0.243 e. The predicted octanol–water partition coefficient (Wildman–Crippen LogP) is 3.06. The van der Waals surface area contributed by atoms with Crippen LogP contribution in [0.1, 0.15) is 31.7 Å². The van der Waals surface area contributed by atoms with Gasteiger partial charge in [0.25, 0.3) is 0 Å². The summed E-state index contributed by atoms with van der Waals surface area (Å²) in [6, 6.07) is 16.6. The van der Waals surface area contributed by atoms with E-state index in [1.54, 1.807) is 22.5 Å². The minimum atomic E-state index is -3.57. The number of amides is 1.